The van der Waals surface area contributed by atoms with E-state index < -0.39 is 0 Å². The molecule has 0 aliphatic heterocycles. The lowest BCUT2D eigenvalue weighted by Crippen LogP contribution is -2.25. The third-order valence-electron chi connectivity index (χ3n) is 2.35. The first kappa shape index (κ1) is 11.3. The third-order valence-corrected chi connectivity index (χ3v) is 2.35. The smallest absolute Gasteiger partial charge is 0.170 e. The van der Waals surface area contributed by atoms with Gasteiger partial charge >= 0.3 is 0 Å². The molecule has 0 aliphatic rings. The van der Waals surface area contributed by atoms with Gasteiger partial charge in [0.15, 0.2) is 5.82 Å². The molecule has 5 heteroatoms. The minimum absolute atomic E-state index is 0.00377. The van der Waals surface area contributed by atoms with Crippen molar-refractivity contribution in [2.24, 2.45) is 0 Å². The van der Waals surface area contributed by atoms with Gasteiger partial charge in [-0.2, -0.15) is 4.68 Å². The Morgan fingerprint density at radius 2 is 2.18 bits per heavy atom. The van der Waals surface area contributed by atoms with Gasteiger partial charge in [0.05, 0.1) is 18.3 Å². The Bertz CT molecular complexity index is 511. The highest BCUT2D eigenvalue weighted by Crippen LogP contribution is 2.06. The highest BCUT2D eigenvalue weighted by atomic mass is 15.5. The molecule has 17 heavy (non-hydrogen) atoms. The number of tetrazole rings is 1. The minimum Gasteiger partial charge on any atom is -0.297 e. The number of aromatic nitrogens is 4. The maximum Gasteiger partial charge on any atom is 0.170 e. The molecule has 0 amide bonds. The summed E-state index contributed by atoms with van der Waals surface area (Å²) in [5, 5.41) is 14.7. The van der Waals surface area contributed by atoms with Crippen molar-refractivity contribution in [2.75, 3.05) is 0 Å². The Morgan fingerprint density at radius 1 is 1.41 bits per heavy atom. The number of nitrogens with one attached hydrogen (secondary N) is 1. The number of hydrogen-bond donors (Lipinski definition) is 1. The van der Waals surface area contributed by atoms with Gasteiger partial charge in [-0.1, -0.05) is 24.1 Å². The lowest BCUT2D eigenvalue weighted by atomic mass is 10.3. The summed E-state index contributed by atoms with van der Waals surface area (Å²) >= 11 is 0. The van der Waals surface area contributed by atoms with Gasteiger partial charge in [-0.15, -0.1) is 11.5 Å². The number of benzene rings is 1. The van der Waals surface area contributed by atoms with E-state index in [2.05, 4.69) is 26.8 Å². The number of rotatable bonds is 4. The largest absolute Gasteiger partial charge is 0.297 e. The molecule has 86 valence electrons. The van der Waals surface area contributed by atoms with Crippen LogP contribution in [0.1, 0.15) is 12.7 Å². The average Bonchev–Trinajstić information content (AvgIpc) is 2.85. The molecule has 2 rings (SSSR count). The van der Waals surface area contributed by atoms with Crippen molar-refractivity contribution < 1.29 is 0 Å². The Hall–Kier alpha value is -2.19. The summed E-state index contributed by atoms with van der Waals surface area (Å²) in [4.78, 5) is 0. The molecule has 0 fully saturated rings. The molecular formula is C12H13N5. The van der Waals surface area contributed by atoms with Crippen molar-refractivity contribution in [3.05, 3.63) is 36.2 Å². The molecule has 0 bridgehead atoms. The predicted octanol–water partition coefficient (Wildman–Crippen LogP) is 0.774. The van der Waals surface area contributed by atoms with Gasteiger partial charge < -0.3 is 0 Å². The zero-order valence-electron chi connectivity index (χ0n) is 9.54. The van der Waals surface area contributed by atoms with Crippen LogP contribution in [0.3, 0.4) is 0 Å². The summed E-state index contributed by atoms with van der Waals surface area (Å²) in [6, 6.07) is 9.73. The SMILES string of the molecule is C#CC(C)NCc1nnnn1-c1ccccc1. The maximum absolute atomic E-state index is 5.29. The summed E-state index contributed by atoms with van der Waals surface area (Å²) < 4.78 is 1.69. The average molecular weight is 227 g/mol. The molecule has 0 aliphatic carbocycles. The van der Waals surface area contributed by atoms with Gasteiger partial charge in [0.1, 0.15) is 0 Å². The van der Waals surface area contributed by atoms with Gasteiger partial charge in [-0.3, -0.25) is 5.32 Å². The third kappa shape index (κ3) is 2.68. The van der Waals surface area contributed by atoms with Crippen molar-refractivity contribution in [1.82, 2.24) is 25.5 Å². The molecule has 1 aromatic heterocycles. The van der Waals surface area contributed by atoms with Crippen LogP contribution in [0.4, 0.5) is 0 Å². The second-order valence-corrected chi connectivity index (χ2v) is 3.61. The zero-order chi connectivity index (χ0) is 12.1. The minimum atomic E-state index is -0.00377. The van der Waals surface area contributed by atoms with Crippen LogP contribution in [0.2, 0.25) is 0 Å². The van der Waals surface area contributed by atoms with E-state index >= 15 is 0 Å². The van der Waals surface area contributed by atoms with Crippen molar-refractivity contribution in [3.8, 4) is 18.0 Å². The Morgan fingerprint density at radius 3 is 2.88 bits per heavy atom. The molecule has 1 heterocycles. The number of para-hydroxylation sites is 1. The van der Waals surface area contributed by atoms with E-state index in [-0.39, 0.29) is 6.04 Å². The predicted molar refractivity (Wildman–Crippen MR) is 64.3 cm³/mol. The number of hydrogen-bond acceptors (Lipinski definition) is 4. The van der Waals surface area contributed by atoms with Crippen LogP contribution >= 0.6 is 0 Å². The van der Waals surface area contributed by atoms with Crippen molar-refractivity contribution in [2.45, 2.75) is 19.5 Å². The van der Waals surface area contributed by atoms with Crippen molar-refractivity contribution in [3.63, 3.8) is 0 Å². The molecule has 1 unspecified atom stereocenters. The Balaban J connectivity index is 2.16. The van der Waals surface area contributed by atoms with Crippen LogP contribution in [0.15, 0.2) is 30.3 Å². The number of terminal acetylenes is 1. The second kappa shape index (κ2) is 5.23. The van der Waals surface area contributed by atoms with Crippen LogP contribution in [0, 0.1) is 12.3 Å². The lowest BCUT2D eigenvalue weighted by molar-refractivity contribution is 0.610. The molecule has 0 saturated carbocycles. The van der Waals surface area contributed by atoms with E-state index in [1.807, 2.05) is 37.3 Å². The fourth-order valence-corrected chi connectivity index (χ4v) is 1.39. The van der Waals surface area contributed by atoms with Gasteiger partial charge in [0, 0.05) is 0 Å². The molecule has 0 radical (unpaired) electrons. The van der Waals surface area contributed by atoms with E-state index in [1.165, 1.54) is 0 Å². The lowest BCUT2D eigenvalue weighted by Gasteiger charge is -2.07. The molecule has 1 aromatic carbocycles. The second-order valence-electron chi connectivity index (χ2n) is 3.61. The van der Waals surface area contributed by atoms with Gasteiger partial charge in [-0.05, 0) is 29.5 Å². The highest BCUT2D eigenvalue weighted by Gasteiger charge is 2.08. The van der Waals surface area contributed by atoms with Gasteiger partial charge in [0.25, 0.3) is 0 Å². The molecule has 1 atom stereocenters. The first-order valence-electron chi connectivity index (χ1n) is 5.33. The summed E-state index contributed by atoms with van der Waals surface area (Å²) in [6.45, 7) is 2.45. The van der Waals surface area contributed by atoms with Crippen molar-refractivity contribution in [1.29, 1.82) is 0 Å². The van der Waals surface area contributed by atoms with E-state index in [0.717, 1.165) is 11.5 Å². The number of nitrogens with zero attached hydrogens (tertiary/aromatic N) is 4. The quantitative estimate of drug-likeness (QED) is 0.784. The maximum atomic E-state index is 5.29. The van der Waals surface area contributed by atoms with E-state index in [0.29, 0.717) is 6.54 Å². The summed E-state index contributed by atoms with van der Waals surface area (Å²) in [7, 11) is 0. The van der Waals surface area contributed by atoms with Gasteiger partial charge in [0.2, 0.25) is 0 Å². The molecule has 2 aromatic rings. The van der Waals surface area contributed by atoms with Gasteiger partial charge in [-0.25, -0.2) is 0 Å². The first-order valence-corrected chi connectivity index (χ1v) is 5.33. The van der Waals surface area contributed by atoms with Crippen LogP contribution in [-0.4, -0.2) is 26.2 Å². The summed E-state index contributed by atoms with van der Waals surface area (Å²) in [5.74, 6) is 3.33. The molecular weight excluding hydrogens is 214 g/mol. The Kier molecular flexibility index (Phi) is 3.48. The van der Waals surface area contributed by atoms with Crippen LogP contribution in [0.25, 0.3) is 5.69 Å². The summed E-state index contributed by atoms with van der Waals surface area (Å²) in [6.07, 6.45) is 5.29. The van der Waals surface area contributed by atoms with Crippen molar-refractivity contribution >= 4 is 0 Å². The van der Waals surface area contributed by atoms with Crippen LogP contribution < -0.4 is 5.32 Å². The molecule has 0 saturated heterocycles. The fourth-order valence-electron chi connectivity index (χ4n) is 1.39. The molecule has 5 nitrogen and oxygen atoms in total. The molecule has 0 spiro atoms. The van der Waals surface area contributed by atoms with Crippen LogP contribution in [-0.2, 0) is 6.54 Å². The molecule has 1 N–H and O–H groups in total. The standard InChI is InChI=1S/C12H13N5/c1-3-10(2)13-9-12-14-15-16-17(12)11-7-5-4-6-8-11/h1,4-8,10,13H,9H2,2H3. The van der Waals surface area contributed by atoms with E-state index in [4.69, 9.17) is 6.42 Å². The van der Waals surface area contributed by atoms with E-state index in [9.17, 15) is 0 Å². The summed E-state index contributed by atoms with van der Waals surface area (Å²) in [5.41, 5.74) is 0.933. The fraction of sp³-hybridized carbons (Fsp3) is 0.250. The van der Waals surface area contributed by atoms with E-state index in [1.54, 1.807) is 4.68 Å². The monoisotopic (exact) mass is 227 g/mol. The zero-order valence-corrected chi connectivity index (χ0v) is 9.54. The normalized spacial score (nSPS) is 12.0. The Labute approximate surface area is 99.8 Å². The topological polar surface area (TPSA) is 55.6 Å². The van der Waals surface area contributed by atoms with Crippen LogP contribution in [0.5, 0.6) is 0 Å². The highest BCUT2D eigenvalue weighted by molar-refractivity contribution is 5.30. The first-order chi connectivity index (χ1) is 8.31.